The van der Waals surface area contributed by atoms with Crippen molar-refractivity contribution in [1.82, 2.24) is 14.8 Å². The zero-order valence-electron chi connectivity index (χ0n) is 17.6. The third kappa shape index (κ3) is 5.08. The van der Waals surface area contributed by atoms with E-state index in [0.29, 0.717) is 17.5 Å². The molecule has 1 aliphatic carbocycles. The largest absolute Gasteiger partial charge is 0.354 e. The normalized spacial score (nSPS) is 26.4. The van der Waals surface area contributed by atoms with E-state index in [2.05, 4.69) is 20.9 Å². The van der Waals surface area contributed by atoms with Gasteiger partial charge in [0.25, 0.3) is 0 Å². The Labute approximate surface area is 183 Å². The molecule has 1 aromatic heterocycles. The SMILES string of the molecule is N#Cc1ccc(N2CCN([C@H]3CC[C@@H](C[C@H](N)C(=O)N4CCSC4)CC3)CC2)nc1. The van der Waals surface area contributed by atoms with E-state index in [4.69, 9.17) is 11.0 Å². The number of anilines is 1. The average Bonchev–Trinajstić information content (AvgIpc) is 3.34. The van der Waals surface area contributed by atoms with Crippen LogP contribution in [0, 0.1) is 17.2 Å². The summed E-state index contributed by atoms with van der Waals surface area (Å²) in [6.07, 6.45) is 7.27. The van der Waals surface area contributed by atoms with E-state index in [-0.39, 0.29) is 11.9 Å². The molecule has 1 atom stereocenters. The number of pyridine rings is 1. The summed E-state index contributed by atoms with van der Waals surface area (Å²) in [6, 6.07) is 6.24. The lowest BCUT2D eigenvalue weighted by Crippen LogP contribution is -2.51. The zero-order chi connectivity index (χ0) is 20.9. The van der Waals surface area contributed by atoms with E-state index >= 15 is 0 Å². The predicted molar refractivity (Wildman–Crippen MR) is 120 cm³/mol. The van der Waals surface area contributed by atoms with Crippen molar-refractivity contribution in [3.63, 3.8) is 0 Å². The molecule has 1 aromatic rings. The quantitative estimate of drug-likeness (QED) is 0.766. The molecule has 2 aliphatic heterocycles. The molecule has 7 nitrogen and oxygen atoms in total. The lowest BCUT2D eigenvalue weighted by Gasteiger charge is -2.42. The second-order valence-electron chi connectivity index (χ2n) is 8.70. The molecule has 162 valence electrons. The van der Waals surface area contributed by atoms with Gasteiger partial charge in [-0.3, -0.25) is 9.69 Å². The Morgan fingerprint density at radius 3 is 2.57 bits per heavy atom. The fourth-order valence-electron chi connectivity index (χ4n) is 4.98. The standard InChI is InChI=1S/C22H32N6OS/c23-14-18-3-6-21(25-15-18)27-9-7-26(8-10-27)19-4-1-17(2-5-19)13-20(24)22(29)28-11-12-30-16-28/h3,6,15,17,19-20H,1-2,4-5,7-13,16,24H2/t17-,19+,20-/m0/s1. The number of carbonyl (C=O) groups is 1. The van der Waals surface area contributed by atoms with Crippen molar-refractivity contribution >= 4 is 23.5 Å². The van der Waals surface area contributed by atoms with Crippen molar-refractivity contribution in [2.24, 2.45) is 11.7 Å². The van der Waals surface area contributed by atoms with Crippen LogP contribution in [-0.4, -0.2) is 77.1 Å². The van der Waals surface area contributed by atoms with Crippen molar-refractivity contribution in [2.45, 2.75) is 44.2 Å². The van der Waals surface area contributed by atoms with Crippen LogP contribution in [0.2, 0.25) is 0 Å². The maximum atomic E-state index is 12.5. The molecule has 4 rings (SSSR count). The van der Waals surface area contributed by atoms with E-state index in [9.17, 15) is 4.79 Å². The van der Waals surface area contributed by atoms with Gasteiger partial charge in [0.05, 0.1) is 17.5 Å². The van der Waals surface area contributed by atoms with E-state index in [1.807, 2.05) is 28.8 Å². The molecule has 0 bridgehead atoms. The van der Waals surface area contributed by atoms with Gasteiger partial charge in [0.1, 0.15) is 11.9 Å². The fraction of sp³-hybridized carbons (Fsp3) is 0.682. The van der Waals surface area contributed by atoms with Crippen LogP contribution < -0.4 is 10.6 Å². The van der Waals surface area contributed by atoms with E-state index in [1.54, 1.807) is 6.20 Å². The van der Waals surface area contributed by atoms with E-state index in [0.717, 1.165) is 56.6 Å². The van der Waals surface area contributed by atoms with Gasteiger partial charge in [0, 0.05) is 50.7 Å². The van der Waals surface area contributed by atoms with Crippen molar-refractivity contribution in [2.75, 3.05) is 49.3 Å². The monoisotopic (exact) mass is 428 g/mol. The number of hydrogen-bond donors (Lipinski definition) is 1. The van der Waals surface area contributed by atoms with Crippen LogP contribution in [0.3, 0.4) is 0 Å². The number of amides is 1. The summed E-state index contributed by atoms with van der Waals surface area (Å²) in [4.78, 5) is 23.8. The molecule has 0 spiro atoms. The number of nitrogens with two attached hydrogens (primary N) is 1. The van der Waals surface area contributed by atoms with Crippen molar-refractivity contribution in [3.8, 4) is 6.07 Å². The molecule has 2 N–H and O–H groups in total. The summed E-state index contributed by atoms with van der Waals surface area (Å²) in [5, 5.41) is 8.92. The van der Waals surface area contributed by atoms with Crippen molar-refractivity contribution in [3.05, 3.63) is 23.9 Å². The molecular formula is C22H32N6OS. The van der Waals surface area contributed by atoms with Gasteiger partial charge in [-0.05, 0) is 50.2 Å². The number of piperazine rings is 1. The summed E-state index contributed by atoms with van der Waals surface area (Å²) in [5.74, 6) is 3.54. The maximum Gasteiger partial charge on any atom is 0.240 e. The minimum Gasteiger partial charge on any atom is -0.354 e. The number of carbonyl (C=O) groups excluding carboxylic acids is 1. The van der Waals surface area contributed by atoms with E-state index < -0.39 is 0 Å². The molecule has 1 amide bonds. The van der Waals surface area contributed by atoms with Crippen LogP contribution >= 0.6 is 11.8 Å². The first-order valence-corrected chi connectivity index (χ1v) is 12.3. The predicted octanol–water partition coefficient (Wildman–Crippen LogP) is 1.88. The second-order valence-corrected chi connectivity index (χ2v) is 9.77. The Morgan fingerprint density at radius 1 is 1.20 bits per heavy atom. The van der Waals surface area contributed by atoms with Crippen molar-refractivity contribution < 1.29 is 4.79 Å². The van der Waals surface area contributed by atoms with Crippen LogP contribution in [0.25, 0.3) is 0 Å². The van der Waals surface area contributed by atoms with Gasteiger partial charge in [0.2, 0.25) is 5.91 Å². The molecule has 2 saturated heterocycles. The third-order valence-corrected chi connectivity index (χ3v) is 7.78. The van der Waals surface area contributed by atoms with Gasteiger partial charge >= 0.3 is 0 Å². The highest BCUT2D eigenvalue weighted by Gasteiger charge is 2.31. The highest BCUT2D eigenvalue weighted by Crippen LogP contribution is 2.31. The Morgan fingerprint density at radius 2 is 1.97 bits per heavy atom. The fourth-order valence-corrected chi connectivity index (χ4v) is 5.94. The number of nitriles is 1. The first-order valence-electron chi connectivity index (χ1n) is 11.1. The van der Waals surface area contributed by atoms with Gasteiger partial charge in [-0.1, -0.05) is 0 Å². The molecule has 0 unspecified atom stereocenters. The number of rotatable bonds is 5. The molecule has 3 fully saturated rings. The molecule has 3 heterocycles. The van der Waals surface area contributed by atoms with Crippen molar-refractivity contribution in [1.29, 1.82) is 5.26 Å². The molecule has 30 heavy (non-hydrogen) atoms. The minimum absolute atomic E-state index is 0.148. The Bertz CT molecular complexity index is 744. The average molecular weight is 429 g/mol. The smallest absolute Gasteiger partial charge is 0.240 e. The zero-order valence-corrected chi connectivity index (χ0v) is 18.4. The summed E-state index contributed by atoms with van der Waals surface area (Å²) in [7, 11) is 0. The number of hydrogen-bond acceptors (Lipinski definition) is 7. The minimum atomic E-state index is -0.325. The molecule has 0 radical (unpaired) electrons. The Kier molecular flexibility index (Phi) is 7.13. The molecule has 1 saturated carbocycles. The topological polar surface area (TPSA) is 89.5 Å². The van der Waals surface area contributed by atoms with Gasteiger partial charge in [-0.2, -0.15) is 5.26 Å². The first kappa shape index (κ1) is 21.4. The highest BCUT2D eigenvalue weighted by atomic mass is 32.2. The lowest BCUT2D eigenvalue weighted by molar-refractivity contribution is -0.131. The summed E-state index contributed by atoms with van der Waals surface area (Å²) in [6.45, 7) is 4.93. The molecular weight excluding hydrogens is 396 g/mol. The van der Waals surface area contributed by atoms with Gasteiger partial charge in [-0.15, -0.1) is 11.8 Å². The highest BCUT2D eigenvalue weighted by molar-refractivity contribution is 7.99. The third-order valence-electron chi connectivity index (χ3n) is 6.82. The molecule has 3 aliphatic rings. The Balaban J connectivity index is 1.19. The van der Waals surface area contributed by atoms with Gasteiger partial charge in [0.15, 0.2) is 0 Å². The number of aromatic nitrogens is 1. The maximum absolute atomic E-state index is 12.5. The van der Waals surface area contributed by atoms with Crippen LogP contribution in [0.15, 0.2) is 18.3 Å². The number of thioether (sulfide) groups is 1. The van der Waals surface area contributed by atoms with Crippen LogP contribution in [-0.2, 0) is 4.79 Å². The van der Waals surface area contributed by atoms with Crippen LogP contribution in [0.4, 0.5) is 5.82 Å². The number of nitrogens with zero attached hydrogens (tertiary/aromatic N) is 5. The van der Waals surface area contributed by atoms with Gasteiger partial charge in [-0.25, -0.2) is 4.98 Å². The molecule has 0 aromatic carbocycles. The van der Waals surface area contributed by atoms with Crippen LogP contribution in [0.5, 0.6) is 0 Å². The van der Waals surface area contributed by atoms with E-state index in [1.165, 1.54) is 25.7 Å². The second kappa shape index (κ2) is 9.99. The first-order chi connectivity index (χ1) is 14.6. The van der Waals surface area contributed by atoms with Crippen LogP contribution in [0.1, 0.15) is 37.7 Å². The summed E-state index contributed by atoms with van der Waals surface area (Å²) < 4.78 is 0. The summed E-state index contributed by atoms with van der Waals surface area (Å²) >= 11 is 1.81. The molecule has 8 heteroatoms. The lowest BCUT2D eigenvalue weighted by atomic mass is 9.81. The van der Waals surface area contributed by atoms with Gasteiger partial charge < -0.3 is 15.5 Å². The summed E-state index contributed by atoms with van der Waals surface area (Å²) in [5.41, 5.74) is 6.86. The Hall–Kier alpha value is -1.82.